The monoisotopic (exact) mass is 346 g/mol. The lowest BCUT2D eigenvalue weighted by atomic mass is 9.85. The van der Waals surface area contributed by atoms with Gasteiger partial charge in [-0.1, -0.05) is 6.07 Å². The van der Waals surface area contributed by atoms with Gasteiger partial charge in [0.15, 0.2) is 9.84 Å². The molecule has 9 heteroatoms. The summed E-state index contributed by atoms with van der Waals surface area (Å²) < 4.78 is 53.6. The van der Waals surface area contributed by atoms with Crippen LogP contribution in [0.2, 0.25) is 0 Å². The SMILES string of the molecule is CS(=O)(=O)N1CC2(C1)[C@H](COc1ccccn1)CCS2(=O)=O. The molecule has 0 N–H and O–H groups in total. The molecular weight excluding hydrogens is 328 g/mol. The molecule has 7 nitrogen and oxygen atoms in total. The van der Waals surface area contributed by atoms with Gasteiger partial charge in [0.2, 0.25) is 15.9 Å². The van der Waals surface area contributed by atoms with Gasteiger partial charge in [-0.15, -0.1) is 0 Å². The number of nitrogens with zero attached hydrogens (tertiary/aromatic N) is 2. The molecule has 0 aromatic carbocycles. The Bertz CT molecular complexity index is 755. The van der Waals surface area contributed by atoms with Crippen molar-refractivity contribution in [2.75, 3.05) is 31.7 Å². The first-order valence-corrected chi connectivity index (χ1v) is 10.5. The summed E-state index contributed by atoms with van der Waals surface area (Å²) in [4.78, 5) is 4.04. The Kier molecular flexibility index (Phi) is 3.69. The molecule has 1 atom stereocenters. The van der Waals surface area contributed by atoms with Gasteiger partial charge in [0.25, 0.3) is 0 Å². The van der Waals surface area contributed by atoms with Crippen LogP contribution in [0, 0.1) is 5.92 Å². The van der Waals surface area contributed by atoms with Gasteiger partial charge >= 0.3 is 0 Å². The molecule has 2 aliphatic heterocycles. The molecule has 0 amide bonds. The van der Waals surface area contributed by atoms with Crippen molar-refractivity contribution in [2.24, 2.45) is 5.92 Å². The lowest BCUT2D eigenvalue weighted by Gasteiger charge is -2.48. The minimum absolute atomic E-state index is 0.0322. The van der Waals surface area contributed by atoms with Crippen molar-refractivity contribution >= 4 is 19.9 Å². The Balaban J connectivity index is 1.75. The van der Waals surface area contributed by atoms with E-state index < -0.39 is 24.6 Å². The van der Waals surface area contributed by atoms with Gasteiger partial charge in [-0.2, -0.15) is 4.31 Å². The third-order valence-electron chi connectivity index (χ3n) is 4.53. The summed E-state index contributed by atoms with van der Waals surface area (Å²) >= 11 is 0. The number of sulfone groups is 1. The van der Waals surface area contributed by atoms with Crippen molar-refractivity contribution in [2.45, 2.75) is 11.2 Å². The fourth-order valence-corrected chi connectivity index (χ4v) is 6.60. The molecule has 1 spiro atoms. The third-order valence-corrected chi connectivity index (χ3v) is 8.33. The van der Waals surface area contributed by atoms with Crippen molar-refractivity contribution in [3.8, 4) is 5.88 Å². The van der Waals surface area contributed by atoms with E-state index in [0.29, 0.717) is 12.3 Å². The summed E-state index contributed by atoms with van der Waals surface area (Å²) in [6.45, 7) is 0.294. The van der Waals surface area contributed by atoms with Gasteiger partial charge in [0, 0.05) is 31.3 Å². The first-order valence-electron chi connectivity index (χ1n) is 6.96. The van der Waals surface area contributed by atoms with E-state index in [-0.39, 0.29) is 31.4 Å². The molecule has 2 fully saturated rings. The highest BCUT2D eigenvalue weighted by Crippen LogP contribution is 2.45. The highest BCUT2D eigenvalue weighted by atomic mass is 32.2. The molecule has 122 valence electrons. The van der Waals surface area contributed by atoms with Crippen LogP contribution in [0.3, 0.4) is 0 Å². The zero-order chi connectivity index (χ0) is 16.0. The van der Waals surface area contributed by atoms with Gasteiger partial charge in [0.05, 0.1) is 18.6 Å². The van der Waals surface area contributed by atoms with Gasteiger partial charge in [0.1, 0.15) is 4.75 Å². The second kappa shape index (κ2) is 5.17. The maximum absolute atomic E-state index is 12.4. The van der Waals surface area contributed by atoms with E-state index in [0.717, 1.165) is 6.26 Å². The van der Waals surface area contributed by atoms with Crippen LogP contribution in [0.5, 0.6) is 5.88 Å². The van der Waals surface area contributed by atoms with E-state index in [9.17, 15) is 16.8 Å². The van der Waals surface area contributed by atoms with Crippen LogP contribution in [-0.4, -0.2) is 62.6 Å². The Labute approximate surface area is 130 Å². The zero-order valence-electron chi connectivity index (χ0n) is 12.2. The lowest BCUT2D eigenvalue weighted by molar-refractivity contribution is 0.124. The molecule has 0 radical (unpaired) electrons. The smallest absolute Gasteiger partial charge is 0.213 e. The van der Waals surface area contributed by atoms with Gasteiger partial charge in [-0.05, 0) is 12.5 Å². The standard InChI is InChI=1S/C13H18N2O5S2/c1-21(16,17)15-9-13(10-15)11(5-7-22(13,18)19)8-20-12-4-2-3-6-14-12/h2-4,6,11H,5,7-10H2,1H3/t11-/m0/s1. The molecule has 0 bridgehead atoms. The molecular formula is C13H18N2O5S2. The Hall–Kier alpha value is -1.19. The van der Waals surface area contributed by atoms with Crippen molar-refractivity contribution in [3.05, 3.63) is 24.4 Å². The van der Waals surface area contributed by atoms with Crippen LogP contribution in [-0.2, 0) is 19.9 Å². The summed E-state index contributed by atoms with van der Waals surface area (Å²) in [6.07, 6.45) is 3.19. The zero-order valence-corrected chi connectivity index (χ0v) is 13.8. The maximum atomic E-state index is 12.4. The van der Waals surface area contributed by atoms with Gasteiger partial charge < -0.3 is 4.74 Å². The molecule has 0 saturated carbocycles. The number of ether oxygens (including phenoxy) is 1. The van der Waals surface area contributed by atoms with Crippen LogP contribution in [0.4, 0.5) is 0 Å². The highest BCUT2D eigenvalue weighted by molar-refractivity contribution is 7.93. The van der Waals surface area contributed by atoms with E-state index in [2.05, 4.69) is 4.98 Å². The molecule has 3 rings (SSSR count). The summed E-state index contributed by atoms with van der Waals surface area (Å²) in [7, 11) is -6.66. The molecule has 3 heterocycles. The lowest BCUT2D eigenvalue weighted by Crippen LogP contribution is -2.68. The molecule has 2 aliphatic rings. The van der Waals surface area contributed by atoms with Gasteiger partial charge in [-0.3, -0.25) is 0 Å². The maximum Gasteiger partial charge on any atom is 0.213 e. The molecule has 22 heavy (non-hydrogen) atoms. The van der Waals surface area contributed by atoms with Crippen LogP contribution < -0.4 is 4.74 Å². The summed E-state index contributed by atoms with van der Waals surface area (Å²) in [5, 5.41) is 0. The number of aromatic nitrogens is 1. The van der Waals surface area contributed by atoms with Crippen molar-refractivity contribution < 1.29 is 21.6 Å². The first kappa shape index (κ1) is 15.7. The fraction of sp³-hybridized carbons (Fsp3) is 0.615. The predicted octanol–water partition coefficient (Wildman–Crippen LogP) is -0.0909. The van der Waals surface area contributed by atoms with E-state index in [1.807, 2.05) is 0 Å². The average molecular weight is 346 g/mol. The van der Waals surface area contributed by atoms with Crippen molar-refractivity contribution in [3.63, 3.8) is 0 Å². The average Bonchev–Trinajstić information content (AvgIpc) is 2.66. The minimum atomic E-state index is -3.35. The number of rotatable bonds is 4. The third kappa shape index (κ3) is 2.50. The first-order chi connectivity index (χ1) is 10.2. The normalized spacial score (nSPS) is 26.7. The van der Waals surface area contributed by atoms with Crippen LogP contribution in [0.15, 0.2) is 24.4 Å². The number of hydrogen-bond acceptors (Lipinski definition) is 6. The van der Waals surface area contributed by atoms with Gasteiger partial charge in [-0.25, -0.2) is 21.8 Å². The second-order valence-electron chi connectivity index (χ2n) is 5.88. The fourth-order valence-electron chi connectivity index (χ4n) is 3.11. The quantitative estimate of drug-likeness (QED) is 0.756. The molecule has 2 saturated heterocycles. The Morgan fingerprint density at radius 3 is 2.73 bits per heavy atom. The van der Waals surface area contributed by atoms with E-state index in [1.165, 1.54) is 4.31 Å². The topological polar surface area (TPSA) is 93.6 Å². The minimum Gasteiger partial charge on any atom is -0.477 e. The highest BCUT2D eigenvalue weighted by Gasteiger charge is 2.63. The van der Waals surface area contributed by atoms with E-state index >= 15 is 0 Å². The molecule has 1 aromatic rings. The second-order valence-corrected chi connectivity index (χ2v) is 10.3. The van der Waals surface area contributed by atoms with E-state index in [4.69, 9.17) is 4.74 Å². The molecule has 0 unspecified atom stereocenters. The van der Waals surface area contributed by atoms with Crippen molar-refractivity contribution in [1.29, 1.82) is 0 Å². The summed E-state index contributed by atoms with van der Waals surface area (Å²) in [5.74, 6) is 0.319. The molecule has 0 aliphatic carbocycles. The summed E-state index contributed by atoms with van der Waals surface area (Å²) in [5.41, 5.74) is 0. The summed E-state index contributed by atoms with van der Waals surface area (Å²) in [6, 6.07) is 5.27. The van der Waals surface area contributed by atoms with Crippen LogP contribution >= 0.6 is 0 Å². The van der Waals surface area contributed by atoms with Crippen LogP contribution in [0.25, 0.3) is 0 Å². The Morgan fingerprint density at radius 2 is 2.14 bits per heavy atom. The van der Waals surface area contributed by atoms with Crippen LogP contribution in [0.1, 0.15) is 6.42 Å². The predicted molar refractivity (Wildman–Crippen MR) is 80.8 cm³/mol. The number of sulfonamides is 1. The van der Waals surface area contributed by atoms with Crippen molar-refractivity contribution in [1.82, 2.24) is 9.29 Å². The molecule has 1 aromatic heterocycles. The Morgan fingerprint density at radius 1 is 1.41 bits per heavy atom. The van der Waals surface area contributed by atoms with E-state index in [1.54, 1.807) is 24.4 Å². The number of pyridine rings is 1. The largest absolute Gasteiger partial charge is 0.477 e. The number of hydrogen-bond donors (Lipinski definition) is 0.